The van der Waals surface area contributed by atoms with Crippen LogP contribution in [0.5, 0.6) is 0 Å². The Morgan fingerprint density at radius 2 is 1.41 bits per heavy atom. The third-order valence-corrected chi connectivity index (χ3v) is 8.11. The number of carboxylic acids is 1. The quantitative estimate of drug-likeness (QED) is 0.190. The number of unbranched alkanes of at least 4 members (excludes halogenated alkanes) is 4. The molecule has 44 heavy (non-hydrogen) atoms. The van der Waals surface area contributed by atoms with Gasteiger partial charge in [-0.1, -0.05) is 73.5 Å². The van der Waals surface area contributed by atoms with Gasteiger partial charge in [0.05, 0.1) is 6.54 Å². The van der Waals surface area contributed by atoms with Gasteiger partial charge in [0.15, 0.2) is 12.2 Å². The van der Waals surface area contributed by atoms with Crippen molar-refractivity contribution in [1.82, 2.24) is 9.80 Å². The lowest BCUT2D eigenvalue weighted by Crippen LogP contribution is -2.51. The maximum Gasteiger partial charge on any atom is 0.335 e. The predicted molar refractivity (Wildman–Crippen MR) is 174 cm³/mol. The zero-order chi connectivity index (χ0) is 32.1. The van der Waals surface area contributed by atoms with Crippen molar-refractivity contribution in [2.24, 2.45) is 0 Å². The fourth-order valence-electron chi connectivity index (χ4n) is 5.16. The number of carbonyl (C=O) groups is 3. The number of aliphatic carboxylic acids is 1. The van der Waals surface area contributed by atoms with Crippen LogP contribution in [0.15, 0.2) is 60.7 Å². The number of aliphatic hydroxyl groups is 1. The maximum atomic E-state index is 13.5. The Bertz CT molecular complexity index is 1390. The smallest absolute Gasteiger partial charge is 0.335 e. The summed E-state index contributed by atoms with van der Waals surface area (Å²) in [6.45, 7) is 4.37. The maximum absolute atomic E-state index is 13.5. The lowest BCUT2D eigenvalue weighted by Gasteiger charge is -2.29. The fraction of sp³-hybridized carbons (Fsp3) is 0.472. The molecule has 0 heterocycles. The van der Waals surface area contributed by atoms with Gasteiger partial charge in [0.25, 0.3) is 5.91 Å². The number of aliphatic hydroxyl groups excluding tert-OH is 1. The first-order valence-electron chi connectivity index (χ1n) is 15.6. The minimum Gasteiger partial charge on any atom is -0.479 e. The predicted octanol–water partition coefficient (Wildman–Crippen LogP) is 5.33. The number of hydrogen-bond acceptors (Lipinski definition) is 5. The largest absolute Gasteiger partial charge is 0.479 e. The lowest BCUT2D eigenvalue weighted by atomic mass is 10.0. The van der Waals surface area contributed by atoms with Gasteiger partial charge in [0, 0.05) is 27.2 Å². The van der Waals surface area contributed by atoms with E-state index >= 15 is 0 Å². The van der Waals surface area contributed by atoms with Crippen LogP contribution in [0, 0.1) is 13.8 Å². The van der Waals surface area contributed by atoms with Crippen LogP contribution < -0.4 is 0 Å². The Morgan fingerprint density at radius 1 is 0.773 bits per heavy atom. The molecule has 2 amide bonds. The average molecular weight is 605 g/mol. The number of hydrogen-bond donors (Lipinski definition) is 2. The summed E-state index contributed by atoms with van der Waals surface area (Å²) in [6.07, 6.45) is 2.93. The van der Waals surface area contributed by atoms with Crippen LogP contribution in [0.1, 0.15) is 60.8 Å². The van der Waals surface area contributed by atoms with Gasteiger partial charge in [0.2, 0.25) is 5.91 Å². The molecule has 3 rings (SSSR count). The van der Waals surface area contributed by atoms with Gasteiger partial charge in [-0.3, -0.25) is 9.59 Å². The molecule has 0 saturated carbocycles. The summed E-state index contributed by atoms with van der Waals surface area (Å²) in [5.74, 6) is -2.50. The molecule has 0 aliphatic carbocycles. The molecule has 3 aromatic rings. The van der Waals surface area contributed by atoms with Crippen molar-refractivity contribution in [2.45, 2.75) is 77.4 Å². The number of rotatable bonds is 18. The molecular formula is C36H48N2O6. The summed E-state index contributed by atoms with van der Waals surface area (Å²) in [6, 6.07) is 21.1. The number of amides is 2. The van der Waals surface area contributed by atoms with Gasteiger partial charge in [-0.15, -0.1) is 0 Å². The van der Waals surface area contributed by atoms with Crippen molar-refractivity contribution in [3.05, 3.63) is 82.9 Å². The van der Waals surface area contributed by atoms with Gasteiger partial charge in [-0.25, -0.2) is 4.79 Å². The van der Waals surface area contributed by atoms with Crippen LogP contribution in [-0.4, -0.2) is 83.8 Å². The zero-order valence-corrected chi connectivity index (χ0v) is 26.6. The fourth-order valence-corrected chi connectivity index (χ4v) is 5.16. The van der Waals surface area contributed by atoms with Crippen LogP contribution in [-0.2, 0) is 32.0 Å². The molecule has 0 bridgehead atoms. The van der Waals surface area contributed by atoms with E-state index in [1.165, 1.54) is 42.8 Å². The summed E-state index contributed by atoms with van der Waals surface area (Å²) in [5.41, 5.74) is 5.03. The van der Waals surface area contributed by atoms with Crippen molar-refractivity contribution in [2.75, 3.05) is 33.8 Å². The molecule has 238 valence electrons. The first kappa shape index (κ1) is 34.7. The Balaban J connectivity index is 1.53. The van der Waals surface area contributed by atoms with Crippen LogP contribution in [0.25, 0.3) is 10.8 Å². The summed E-state index contributed by atoms with van der Waals surface area (Å²) in [7, 11) is 3.21. The minimum absolute atomic E-state index is 0.134. The average Bonchev–Trinajstić information content (AvgIpc) is 3.00. The van der Waals surface area contributed by atoms with Crippen molar-refractivity contribution in [3.63, 3.8) is 0 Å². The van der Waals surface area contributed by atoms with Gasteiger partial charge in [-0.2, -0.15) is 0 Å². The summed E-state index contributed by atoms with van der Waals surface area (Å²) in [4.78, 5) is 40.5. The molecule has 0 fully saturated rings. The summed E-state index contributed by atoms with van der Waals surface area (Å²) >= 11 is 0. The van der Waals surface area contributed by atoms with Gasteiger partial charge in [0.1, 0.15) is 0 Å². The van der Waals surface area contributed by atoms with E-state index in [0.29, 0.717) is 12.8 Å². The van der Waals surface area contributed by atoms with E-state index in [4.69, 9.17) is 4.74 Å². The van der Waals surface area contributed by atoms with Crippen LogP contribution >= 0.6 is 0 Å². The van der Waals surface area contributed by atoms with Crippen molar-refractivity contribution in [1.29, 1.82) is 0 Å². The Morgan fingerprint density at radius 3 is 2.07 bits per heavy atom. The highest BCUT2D eigenvalue weighted by molar-refractivity contribution is 5.91. The number of benzene rings is 3. The SMILES string of the molecule is Cc1ccc(CCCCCO[C@@H](C(=O)N(CCCCCc2ccc3ccccc3c2)CC(=O)N(C)C)[C@@H](O)C(=O)O)cc1C. The zero-order valence-electron chi connectivity index (χ0n) is 26.6. The Labute approximate surface area is 261 Å². The number of fused-ring (bicyclic) bond motifs is 1. The second-order valence-corrected chi connectivity index (χ2v) is 11.8. The highest BCUT2D eigenvalue weighted by Crippen LogP contribution is 2.18. The van der Waals surface area contributed by atoms with E-state index in [-0.39, 0.29) is 25.6 Å². The molecule has 0 aromatic heterocycles. The molecule has 0 aliphatic heterocycles. The molecular weight excluding hydrogens is 556 g/mol. The highest BCUT2D eigenvalue weighted by atomic mass is 16.5. The van der Waals surface area contributed by atoms with Gasteiger partial charge in [-0.05, 0) is 85.4 Å². The molecule has 8 heteroatoms. The molecule has 2 atom stereocenters. The second kappa shape index (κ2) is 17.5. The summed E-state index contributed by atoms with van der Waals surface area (Å²) < 4.78 is 5.71. The van der Waals surface area contributed by atoms with Crippen LogP contribution in [0.3, 0.4) is 0 Å². The van der Waals surface area contributed by atoms with Crippen molar-refractivity contribution in [3.8, 4) is 0 Å². The van der Waals surface area contributed by atoms with Crippen molar-refractivity contribution < 1.29 is 29.3 Å². The standard InChI is InChI=1S/C36H48N2O6/c1-26-17-18-28(23-27(26)2)13-8-6-12-22-44-34(33(40)36(42)43)35(41)38(25-32(39)37(3)4)21-11-5-7-14-29-19-20-30-15-9-10-16-31(30)24-29/h9-10,15-20,23-24,33-34,40H,5-8,11-14,21-22,25H2,1-4H3,(H,42,43)/t33-,34-/m1/s1. The molecule has 0 aliphatic rings. The molecule has 0 saturated heterocycles. The Hall–Kier alpha value is -3.75. The number of aryl methyl sites for hydroxylation is 4. The number of carboxylic acid groups (broad SMARTS) is 1. The number of likely N-dealkylation sites (N-methyl/N-ethyl adjacent to an activating group) is 1. The van der Waals surface area contributed by atoms with Crippen LogP contribution in [0.4, 0.5) is 0 Å². The van der Waals surface area contributed by atoms with E-state index in [9.17, 15) is 24.6 Å². The van der Waals surface area contributed by atoms with E-state index in [1.807, 2.05) is 12.1 Å². The topological polar surface area (TPSA) is 107 Å². The number of ether oxygens (including phenoxy) is 1. The highest BCUT2D eigenvalue weighted by Gasteiger charge is 2.36. The monoisotopic (exact) mass is 604 g/mol. The molecule has 2 N–H and O–H groups in total. The Kier molecular flexibility index (Phi) is 13.8. The normalized spacial score (nSPS) is 12.6. The molecule has 0 spiro atoms. The third kappa shape index (κ3) is 10.8. The number of nitrogens with zero attached hydrogens (tertiary/aromatic N) is 2. The van der Waals surface area contributed by atoms with E-state index in [0.717, 1.165) is 38.5 Å². The van der Waals surface area contributed by atoms with E-state index in [1.54, 1.807) is 14.1 Å². The number of carbonyl (C=O) groups excluding carboxylic acids is 2. The minimum atomic E-state index is -2.03. The van der Waals surface area contributed by atoms with Gasteiger partial charge < -0.3 is 24.7 Å². The third-order valence-electron chi connectivity index (χ3n) is 8.11. The van der Waals surface area contributed by atoms with Gasteiger partial charge >= 0.3 is 5.97 Å². The van der Waals surface area contributed by atoms with Crippen molar-refractivity contribution >= 4 is 28.6 Å². The van der Waals surface area contributed by atoms with E-state index in [2.05, 4.69) is 62.4 Å². The second-order valence-electron chi connectivity index (χ2n) is 11.8. The molecule has 3 aromatic carbocycles. The molecule has 8 nitrogen and oxygen atoms in total. The molecule has 0 unspecified atom stereocenters. The first-order chi connectivity index (χ1) is 21.1. The lowest BCUT2D eigenvalue weighted by molar-refractivity contribution is -0.168. The molecule has 0 radical (unpaired) electrons. The summed E-state index contributed by atoms with van der Waals surface area (Å²) in [5, 5.41) is 22.3. The first-order valence-corrected chi connectivity index (χ1v) is 15.6. The van der Waals surface area contributed by atoms with Crippen LogP contribution in [0.2, 0.25) is 0 Å². The van der Waals surface area contributed by atoms with E-state index < -0.39 is 24.1 Å².